The number of aromatic nitrogens is 1. The van der Waals surface area contributed by atoms with Crippen molar-refractivity contribution in [2.75, 3.05) is 11.9 Å². The van der Waals surface area contributed by atoms with E-state index in [1.165, 1.54) is 31.4 Å². The molecule has 2 atom stereocenters. The lowest BCUT2D eigenvalue weighted by Crippen LogP contribution is -2.20. The maximum absolute atomic E-state index is 4.54. The zero-order valence-electron chi connectivity index (χ0n) is 10.3. The number of thiazole rings is 1. The van der Waals surface area contributed by atoms with Crippen LogP contribution in [-0.2, 0) is 6.42 Å². The summed E-state index contributed by atoms with van der Waals surface area (Å²) in [5.74, 6) is 1.78. The van der Waals surface area contributed by atoms with Crippen LogP contribution in [0.25, 0.3) is 0 Å². The molecule has 1 N–H and O–H groups in total. The van der Waals surface area contributed by atoms with E-state index in [0.717, 1.165) is 29.9 Å². The zero-order valence-corrected chi connectivity index (χ0v) is 11.1. The average molecular weight is 238 g/mol. The highest BCUT2D eigenvalue weighted by Crippen LogP contribution is 2.29. The molecule has 2 nitrogen and oxygen atoms in total. The Bertz CT molecular complexity index is 321. The van der Waals surface area contributed by atoms with E-state index in [1.807, 2.05) is 0 Å². The van der Waals surface area contributed by atoms with Crippen LogP contribution in [0.1, 0.15) is 45.2 Å². The zero-order chi connectivity index (χ0) is 11.4. The summed E-state index contributed by atoms with van der Waals surface area (Å²) in [4.78, 5) is 4.54. The van der Waals surface area contributed by atoms with Crippen LogP contribution in [0.2, 0.25) is 0 Å². The highest BCUT2D eigenvalue weighted by molar-refractivity contribution is 7.13. The summed E-state index contributed by atoms with van der Waals surface area (Å²) in [5, 5.41) is 6.76. The Kier molecular flexibility index (Phi) is 4.22. The largest absolute Gasteiger partial charge is 0.361 e. The summed E-state index contributed by atoms with van der Waals surface area (Å²) >= 11 is 1.74. The van der Waals surface area contributed by atoms with Gasteiger partial charge in [-0.1, -0.05) is 26.7 Å². The van der Waals surface area contributed by atoms with E-state index >= 15 is 0 Å². The van der Waals surface area contributed by atoms with E-state index in [-0.39, 0.29) is 0 Å². The van der Waals surface area contributed by atoms with Gasteiger partial charge in [-0.3, -0.25) is 0 Å². The summed E-state index contributed by atoms with van der Waals surface area (Å²) in [6, 6.07) is 0. The fourth-order valence-electron chi connectivity index (χ4n) is 2.53. The Morgan fingerprint density at radius 3 is 3.06 bits per heavy atom. The first-order valence-electron chi connectivity index (χ1n) is 6.46. The van der Waals surface area contributed by atoms with Gasteiger partial charge in [0.25, 0.3) is 0 Å². The van der Waals surface area contributed by atoms with E-state index in [1.54, 1.807) is 11.3 Å². The quantitative estimate of drug-likeness (QED) is 0.859. The molecular formula is C13H22N2S. The molecule has 3 heteroatoms. The Morgan fingerprint density at radius 1 is 1.50 bits per heavy atom. The van der Waals surface area contributed by atoms with Crippen molar-refractivity contribution in [3.63, 3.8) is 0 Å². The predicted molar refractivity (Wildman–Crippen MR) is 71.1 cm³/mol. The first-order valence-corrected chi connectivity index (χ1v) is 7.34. The van der Waals surface area contributed by atoms with Crippen LogP contribution in [0.4, 0.5) is 5.13 Å². The van der Waals surface area contributed by atoms with Crippen LogP contribution in [0.15, 0.2) is 5.38 Å². The third-order valence-electron chi connectivity index (χ3n) is 3.50. The molecular weight excluding hydrogens is 216 g/mol. The van der Waals surface area contributed by atoms with Gasteiger partial charge >= 0.3 is 0 Å². The fourth-order valence-corrected chi connectivity index (χ4v) is 3.33. The fraction of sp³-hybridized carbons (Fsp3) is 0.769. The maximum atomic E-state index is 4.54. The van der Waals surface area contributed by atoms with Crippen molar-refractivity contribution in [1.82, 2.24) is 4.98 Å². The SMILES string of the molecule is CCc1csc(NCC2CCCC(C)C2)n1. The molecule has 2 unspecified atom stereocenters. The molecule has 1 saturated carbocycles. The molecule has 1 aromatic rings. The number of rotatable bonds is 4. The molecule has 0 saturated heterocycles. The minimum atomic E-state index is 0.859. The number of anilines is 1. The van der Waals surface area contributed by atoms with Crippen molar-refractivity contribution in [2.24, 2.45) is 11.8 Å². The van der Waals surface area contributed by atoms with Gasteiger partial charge in [-0.15, -0.1) is 11.3 Å². The Balaban J connectivity index is 1.78. The molecule has 1 aliphatic carbocycles. The van der Waals surface area contributed by atoms with E-state index in [4.69, 9.17) is 0 Å². The molecule has 16 heavy (non-hydrogen) atoms. The van der Waals surface area contributed by atoms with Gasteiger partial charge in [-0.05, 0) is 31.1 Å². The third-order valence-corrected chi connectivity index (χ3v) is 4.35. The van der Waals surface area contributed by atoms with Gasteiger partial charge in [0.05, 0.1) is 5.69 Å². The van der Waals surface area contributed by atoms with Crippen LogP contribution >= 0.6 is 11.3 Å². The van der Waals surface area contributed by atoms with Gasteiger partial charge < -0.3 is 5.32 Å². The topological polar surface area (TPSA) is 24.9 Å². The molecule has 1 fully saturated rings. The number of hydrogen-bond acceptors (Lipinski definition) is 3. The monoisotopic (exact) mass is 238 g/mol. The second-order valence-corrected chi connectivity index (χ2v) is 5.87. The summed E-state index contributed by atoms with van der Waals surface area (Å²) in [6.07, 6.45) is 6.65. The summed E-state index contributed by atoms with van der Waals surface area (Å²) in [7, 11) is 0. The van der Waals surface area contributed by atoms with Crippen molar-refractivity contribution in [2.45, 2.75) is 46.0 Å². The van der Waals surface area contributed by atoms with Gasteiger partial charge in [0.2, 0.25) is 0 Å². The van der Waals surface area contributed by atoms with E-state index in [0.29, 0.717) is 0 Å². The van der Waals surface area contributed by atoms with Crippen LogP contribution in [0.5, 0.6) is 0 Å². The number of hydrogen-bond donors (Lipinski definition) is 1. The van der Waals surface area contributed by atoms with Crippen LogP contribution in [-0.4, -0.2) is 11.5 Å². The Morgan fingerprint density at radius 2 is 2.38 bits per heavy atom. The van der Waals surface area contributed by atoms with Crippen molar-refractivity contribution in [1.29, 1.82) is 0 Å². The number of nitrogens with one attached hydrogen (secondary N) is 1. The standard InChI is InChI=1S/C13H22N2S/c1-3-12-9-16-13(15-12)14-8-11-6-4-5-10(2)7-11/h9-11H,3-8H2,1-2H3,(H,14,15). The predicted octanol–water partition coefficient (Wildman–Crippen LogP) is 3.94. The van der Waals surface area contributed by atoms with Gasteiger partial charge in [0.1, 0.15) is 0 Å². The third kappa shape index (κ3) is 3.21. The molecule has 0 aliphatic heterocycles. The summed E-state index contributed by atoms with van der Waals surface area (Å²) in [5.41, 5.74) is 1.21. The molecule has 0 spiro atoms. The summed E-state index contributed by atoms with van der Waals surface area (Å²) < 4.78 is 0. The first kappa shape index (κ1) is 11.9. The minimum absolute atomic E-state index is 0.859. The average Bonchev–Trinajstić information content (AvgIpc) is 2.74. The Labute approximate surface area is 102 Å². The smallest absolute Gasteiger partial charge is 0.182 e. The number of aryl methyl sites for hydroxylation is 1. The number of nitrogens with zero attached hydrogens (tertiary/aromatic N) is 1. The van der Waals surface area contributed by atoms with Crippen molar-refractivity contribution in [3.8, 4) is 0 Å². The van der Waals surface area contributed by atoms with Gasteiger partial charge in [-0.25, -0.2) is 4.98 Å². The van der Waals surface area contributed by atoms with Crippen molar-refractivity contribution < 1.29 is 0 Å². The molecule has 90 valence electrons. The Hall–Kier alpha value is -0.570. The lowest BCUT2D eigenvalue weighted by molar-refractivity contribution is 0.293. The lowest BCUT2D eigenvalue weighted by atomic mass is 9.82. The highest BCUT2D eigenvalue weighted by atomic mass is 32.1. The van der Waals surface area contributed by atoms with E-state index < -0.39 is 0 Å². The minimum Gasteiger partial charge on any atom is -0.361 e. The molecule has 1 aromatic heterocycles. The maximum Gasteiger partial charge on any atom is 0.182 e. The van der Waals surface area contributed by atoms with Crippen LogP contribution in [0.3, 0.4) is 0 Å². The molecule has 1 heterocycles. The first-order chi connectivity index (χ1) is 7.78. The molecule has 0 bridgehead atoms. The van der Waals surface area contributed by atoms with Crippen LogP contribution < -0.4 is 5.32 Å². The second kappa shape index (κ2) is 5.67. The normalized spacial score (nSPS) is 25.6. The molecule has 1 aliphatic rings. The van der Waals surface area contributed by atoms with Gasteiger partial charge in [-0.2, -0.15) is 0 Å². The highest BCUT2D eigenvalue weighted by Gasteiger charge is 2.18. The van der Waals surface area contributed by atoms with Gasteiger partial charge in [0, 0.05) is 11.9 Å². The van der Waals surface area contributed by atoms with Gasteiger partial charge in [0.15, 0.2) is 5.13 Å². The van der Waals surface area contributed by atoms with Crippen molar-refractivity contribution in [3.05, 3.63) is 11.1 Å². The second-order valence-electron chi connectivity index (χ2n) is 5.02. The van der Waals surface area contributed by atoms with Crippen molar-refractivity contribution >= 4 is 16.5 Å². The summed E-state index contributed by atoms with van der Waals surface area (Å²) in [6.45, 7) is 5.65. The van der Waals surface area contributed by atoms with E-state index in [2.05, 4.69) is 29.5 Å². The lowest BCUT2D eigenvalue weighted by Gasteiger charge is -2.26. The molecule has 0 aromatic carbocycles. The van der Waals surface area contributed by atoms with Crippen LogP contribution in [0, 0.1) is 11.8 Å². The molecule has 2 rings (SSSR count). The van der Waals surface area contributed by atoms with E-state index in [9.17, 15) is 0 Å². The molecule has 0 amide bonds. The molecule has 0 radical (unpaired) electrons.